The second-order valence-corrected chi connectivity index (χ2v) is 8.20. The van der Waals surface area contributed by atoms with Crippen LogP contribution < -0.4 is 4.90 Å². The summed E-state index contributed by atoms with van der Waals surface area (Å²) in [6, 6.07) is 11.6. The summed E-state index contributed by atoms with van der Waals surface area (Å²) in [5.41, 5.74) is 0.855. The van der Waals surface area contributed by atoms with Crippen molar-refractivity contribution in [1.82, 2.24) is 4.90 Å². The van der Waals surface area contributed by atoms with Crippen LogP contribution in [0.25, 0.3) is 0 Å². The number of benzene rings is 1. The summed E-state index contributed by atoms with van der Waals surface area (Å²) in [6.45, 7) is 2.24. The summed E-state index contributed by atoms with van der Waals surface area (Å²) < 4.78 is -1.13. The predicted octanol–water partition coefficient (Wildman–Crippen LogP) is 3.23. The van der Waals surface area contributed by atoms with Crippen LogP contribution in [0.5, 0.6) is 0 Å². The highest BCUT2D eigenvalue weighted by atomic mass is 32.2. The highest BCUT2D eigenvalue weighted by Gasteiger charge is 2.49. The molecule has 0 spiro atoms. The highest BCUT2D eigenvalue weighted by Crippen LogP contribution is 2.45. The normalized spacial score (nSPS) is 20.3. The van der Waals surface area contributed by atoms with E-state index >= 15 is 0 Å². The monoisotopic (exact) mass is 346 g/mol. The fourth-order valence-corrected chi connectivity index (χ4v) is 4.84. The lowest BCUT2D eigenvalue weighted by atomic mass is 10.1. The third-order valence-corrected chi connectivity index (χ3v) is 6.17. The van der Waals surface area contributed by atoms with E-state index in [1.807, 2.05) is 41.8 Å². The van der Waals surface area contributed by atoms with Crippen LogP contribution in [0.15, 0.2) is 46.7 Å². The molecule has 0 bridgehead atoms. The zero-order chi connectivity index (χ0) is 16.6. The number of hydrogen-bond acceptors (Lipinski definition) is 4. The molecule has 6 heteroatoms. The molecule has 0 saturated carbocycles. The molecule has 1 atom stereocenters. The summed E-state index contributed by atoms with van der Waals surface area (Å²) in [4.78, 5) is 31.1. The number of fused-ring (bicyclic) bond motifs is 1. The van der Waals surface area contributed by atoms with Gasteiger partial charge in [-0.05, 0) is 30.5 Å². The average molecular weight is 346 g/mol. The number of para-hydroxylation sites is 1. The molecule has 2 heterocycles. The number of hydrogen-bond donors (Lipinski definition) is 0. The summed E-state index contributed by atoms with van der Waals surface area (Å²) in [5.74, 6) is -0.341. The molecule has 0 N–H and O–H groups in total. The lowest BCUT2D eigenvalue weighted by Gasteiger charge is -2.38. The Morgan fingerprint density at radius 2 is 2.00 bits per heavy atom. The van der Waals surface area contributed by atoms with E-state index in [-0.39, 0.29) is 11.8 Å². The number of thiophene rings is 1. The van der Waals surface area contributed by atoms with Crippen LogP contribution in [0.3, 0.4) is 0 Å². The largest absolute Gasteiger partial charge is 0.339 e. The van der Waals surface area contributed by atoms with Crippen LogP contribution in [0.1, 0.15) is 11.8 Å². The van der Waals surface area contributed by atoms with Crippen molar-refractivity contribution in [3.05, 3.63) is 46.7 Å². The van der Waals surface area contributed by atoms with Crippen molar-refractivity contribution >= 4 is 40.6 Å². The van der Waals surface area contributed by atoms with Gasteiger partial charge in [0.05, 0.1) is 12.2 Å². The van der Waals surface area contributed by atoms with Crippen molar-refractivity contribution in [3.63, 3.8) is 0 Å². The number of thioether (sulfide) groups is 1. The molecule has 2 aromatic rings. The minimum atomic E-state index is -1.13. The molecule has 1 aliphatic heterocycles. The van der Waals surface area contributed by atoms with Gasteiger partial charge in [0.25, 0.3) is 5.91 Å². The molecule has 0 radical (unpaired) electrons. The van der Waals surface area contributed by atoms with Gasteiger partial charge in [-0.25, -0.2) is 0 Å². The van der Waals surface area contributed by atoms with Crippen LogP contribution in [0.2, 0.25) is 0 Å². The zero-order valence-electron chi connectivity index (χ0n) is 13.3. The number of nitrogens with zero attached hydrogens (tertiary/aromatic N) is 2. The van der Waals surface area contributed by atoms with Crippen molar-refractivity contribution in [2.75, 3.05) is 19.0 Å². The first-order chi connectivity index (χ1) is 10.9. The van der Waals surface area contributed by atoms with Gasteiger partial charge in [-0.3, -0.25) is 9.59 Å². The maximum absolute atomic E-state index is 13.0. The Labute approximate surface area is 144 Å². The zero-order valence-corrected chi connectivity index (χ0v) is 14.9. The molecule has 120 valence electrons. The third-order valence-electron chi connectivity index (χ3n) is 3.98. The minimum absolute atomic E-state index is 0.165. The van der Waals surface area contributed by atoms with E-state index in [1.165, 1.54) is 11.8 Å². The molecule has 2 amide bonds. The standard InChI is InChI=1S/C17H18N2O2S2/c1-17(15(20)18(2)11-12-7-6-10-22-12)16(21)19(3)13-8-4-5-9-14(13)23-17/h4-10H,11H2,1-3H3. The van der Waals surface area contributed by atoms with Gasteiger partial charge in [-0.2, -0.15) is 0 Å². The molecule has 1 aromatic heterocycles. The van der Waals surface area contributed by atoms with E-state index in [0.29, 0.717) is 6.54 Å². The first-order valence-electron chi connectivity index (χ1n) is 7.27. The van der Waals surface area contributed by atoms with Crippen molar-refractivity contribution in [1.29, 1.82) is 0 Å². The van der Waals surface area contributed by atoms with Crippen molar-refractivity contribution in [2.24, 2.45) is 0 Å². The van der Waals surface area contributed by atoms with Gasteiger partial charge >= 0.3 is 0 Å². The molecule has 0 aliphatic carbocycles. The van der Waals surface area contributed by atoms with Crippen LogP contribution in [-0.4, -0.2) is 35.6 Å². The maximum Gasteiger partial charge on any atom is 0.252 e. The smallest absolute Gasteiger partial charge is 0.252 e. The number of carbonyl (C=O) groups excluding carboxylic acids is 2. The average Bonchev–Trinajstić information content (AvgIpc) is 3.05. The van der Waals surface area contributed by atoms with Gasteiger partial charge in [0, 0.05) is 23.9 Å². The first-order valence-corrected chi connectivity index (χ1v) is 8.97. The van der Waals surface area contributed by atoms with E-state index < -0.39 is 4.75 Å². The molecule has 1 aromatic carbocycles. The Balaban J connectivity index is 1.88. The molecular weight excluding hydrogens is 328 g/mol. The van der Waals surface area contributed by atoms with E-state index in [0.717, 1.165) is 15.5 Å². The first kappa shape index (κ1) is 16.1. The van der Waals surface area contributed by atoms with Gasteiger partial charge in [0.1, 0.15) is 0 Å². The molecule has 3 rings (SSSR count). The van der Waals surface area contributed by atoms with Crippen molar-refractivity contribution < 1.29 is 9.59 Å². The van der Waals surface area contributed by atoms with Gasteiger partial charge < -0.3 is 9.80 Å². The van der Waals surface area contributed by atoms with Gasteiger partial charge in [-0.1, -0.05) is 30.0 Å². The Morgan fingerprint density at radius 3 is 2.70 bits per heavy atom. The van der Waals surface area contributed by atoms with E-state index in [9.17, 15) is 9.59 Å². The SMILES string of the molecule is CN(Cc1cccs1)C(=O)C1(C)Sc2ccccc2N(C)C1=O. The molecule has 1 unspecified atom stereocenters. The minimum Gasteiger partial charge on any atom is -0.339 e. The quantitative estimate of drug-likeness (QED) is 0.801. The number of carbonyl (C=O) groups is 2. The molecule has 4 nitrogen and oxygen atoms in total. The number of amides is 2. The van der Waals surface area contributed by atoms with Crippen LogP contribution in [-0.2, 0) is 16.1 Å². The van der Waals surface area contributed by atoms with E-state index in [1.54, 1.807) is 42.2 Å². The molecule has 0 fully saturated rings. The summed E-state index contributed by atoms with van der Waals surface area (Å²) >= 11 is 2.95. The topological polar surface area (TPSA) is 40.6 Å². The van der Waals surface area contributed by atoms with Crippen LogP contribution >= 0.6 is 23.1 Å². The molecular formula is C17H18N2O2S2. The summed E-state index contributed by atoms with van der Waals surface area (Å²) in [5, 5.41) is 1.99. The molecule has 1 aliphatic rings. The Morgan fingerprint density at radius 1 is 1.26 bits per heavy atom. The van der Waals surface area contributed by atoms with Crippen LogP contribution in [0.4, 0.5) is 5.69 Å². The second kappa shape index (κ2) is 6.02. The lowest BCUT2D eigenvalue weighted by Crippen LogP contribution is -2.55. The van der Waals surface area contributed by atoms with E-state index in [2.05, 4.69) is 0 Å². The second-order valence-electron chi connectivity index (χ2n) is 5.71. The van der Waals surface area contributed by atoms with Crippen LogP contribution in [0, 0.1) is 0 Å². The van der Waals surface area contributed by atoms with Gasteiger partial charge in [0.2, 0.25) is 5.91 Å². The predicted molar refractivity (Wildman–Crippen MR) is 94.9 cm³/mol. The molecule has 0 saturated heterocycles. The number of anilines is 1. The fourth-order valence-electron chi connectivity index (χ4n) is 2.72. The van der Waals surface area contributed by atoms with Gasteiger partial charge in [0.15, 0.2) is 4.75 Å². The van der Waals surface area contributed by atoms with Crippen molar-refractivity contribution in [2.45, 2.75) is 23.1 Å². The van der Waals surface area contributed by atoms with Gasteiger partial charge in [-0.15, -0.1) is 11.3 Å². The fraction of sp³-hybridized carbons (Fsp3) is 0.294. The Bertz CT molecular complexity index is 745. The highest BCUT2D eigenvalue weighted by molar-refractivity contribution is 8.02. The van der Waals surface area contributed by atoms with Crippen molar-refractivity contribution in [3.8, 4) is 0 Å². The Hall–Kier alpha value is -1.79. The molecule has 23 heavy (non-hydrogen) atoms. The summed E-state index contributed by atoms with van der Waals surface area (Å²) in [7, 11) is 3.48. The lowest BCUT2D eigenvalue weighted by molar-refractivity contribution is -0.137. The third kappa shape index (κ3) is 2.77. The maximum atomic E-state index is 13.0. The number of rotatable bonds is 3. The van der Waals surface area contributed by atoms with E-state index in [4.69, 9.17) is 0 Å². The summed E-state index contributed by atoms with van der Waals surface area (Å²) in [6.07, 6.45) is 0. The Kier molecular flexibility index (Phi) is 4.21.